The Kier molecular flexibility index (Phi) is 9.12. The molecule has 36 heavy (non-hydrogen) atoms. The van der Waals surface area contributed by atoms with E-state index in [1.54, 1.807) is 6.92 Å². The molecule has 1 saturated heterocycles. The molecule has 0 radical (unpaired) electrons. The summed E-state index contributed by atoms with van der Waals surface area (Å²) in [5.41, 5.74) is 1.02. The number of hydrogen-bond acceptors (Lipinski definition) is 7. The number of nitrogens with one attached hydrogen (secondary N) is 2. The maximum atomic E-state index is 12.8. The lowest BCUT2D eigenvalue weighted by Gasteiger charge is -2.31. The summed E-state index contributed by atoms with van der Waals surface area (Å²) in [6, 6.07) is 10.5. The van der Waals surface area contributed by atoms with Crippen LogP contribution in [0.2, 0.25) is 0 Å². The number of rotatable bonds is 10. The third kappa shape index (κ3) is 7.26. The monoisotopic (exact) mass is 538 g/mol. The number of amides is 1. The van der Waals surface area contributed by atoms with Crippen LogP contribution in [-0.2, 0) is 24.8 Å². The van der Waals surface area contributed by atoms with Gasteiger partial charge in [-0.25, -0.2) is 21.6 Å². The minimum atomic E-state index is -3.62. The van der Waals surface area contributed by atoms with E-state index in [0.29, 0.717) is 49.7 Å². The van der Waals surface area contributed by atoms with Gasteiger partial charge in [-0.15, -0.1) is 0 Å². The van der Waals surface area contributed by atoms with Crippen LogP contribution in [0.15, 0.2) is 52.3 Å². The lowest BCUT2D eigenvalue weighted by Crippen LogP contribution is -2.46. The van der Waals surface area contributed by atoms with E-state index in [9.17, 15) is 21.6 Å². The van der Waals surface area contributed by atoms with Crippen molar-refractivity contribution in [3.8, 4) is 5.75 Å². The average molecular weight is 539 g/mol. The van der Waals surface area contributed by atoms with Crippen molar-refractivity contribution in [2.75, 3.05) is 51.7 Å². The molecule has 2 N–H and O–H groups in total. The van der Waals surface area contributed by atoms with E-state index in [2.05, 4.69) is 14.9 Å². The highest BCUT2D eigenvalue weighted by Gasteiger charge is 2.27. The number of aryl methyl sites for hydroxylation is 1. The van der Waals surface area contributed by atoms with Crippen LogP contribution >= 0.6 is 0 Å². The van der Waals surface area contributed by atoms with Gasteiger partial charge < -0.3 is 15.0 Å². The summed E-state index contributed by atoms with van der Waals surface area (Å²) in [7, 11) is -5.25. The minimum absolute atomic E-state index is 0.129. The SMILES string of the molecule is Cc1cc(S(=O)(=O)NCC(C)C)ccc1OCC(=O)Nc1ccc(S(=O)(=O)N2CCN(C)CC2)cc1. The first kappa shape index (κ1) is 28.1. The molecule has 1 amide bonds. The molecule has 1 heterocycles. The fraction of sp³-hybridized carbons (Fsp3) is 0.458. The Morgan fingerprint density at radius 1 is 0.972 bits per heavy atom. The van der Waals surface area contributed by atoms with Crippen LogP contribution in [-0.4, -0.2) is 78.3 Å². The van der Waals surface area contributed by atoms with E-state index in [-0.39, 0.29) is 22.3 Å². The molecule has 1 aliphatic rings. The van der Waals surface area contributed by atoms with Gasteiger partial charge in [0.2, 0.25) is 20.0 Å². The third-order valence-corrected chi connectivity index (χ3v) is 9.07. The highest BCUT2D eigenvalue weighted by Crippen LogP contribution is 2.23. The molecule has 0 saturated carbocycles. The molecule has 1 fully saturated rings. The summed E-state index contributed by atoms with van der Waals surface area (Å²) in [4.78, 5) is 14.7. The molecule has 12 heteroatoms. The van der Waals surface area contributed by atoms with Crippen LogP contribution in [0.25, 0.3) is 0 Å². The number of likely N-dealkylation sites (N-methyl/N-ethyl adjacent to an activating group) is 1. The van der Waals surface area contributed by atoms with Crippen molar-refractivity contribution in [3.05, 3.63) is 48.0 Å². The van der Waals surface area contributed by atoms with Crippen LogP contribution in [0.5, 0.6) is 5.75 Å². The van der Waals surface area contributed by atoms with Gasteiger partial charge >= 0.3 is 0 Å². The number of nitrogens with zero attached hydrogens (tertiary/aromatic N) is 2. The van der Waals surface area contributed by atoms with Crippen molar-refractivity contribution in [1.29, 1.82) is 0 Å². The van der Waals surface area contributed by atoms with Gasteiger partial charge in [-0.05, 0) is 67.9 Å². The largest absolute Gasteiger partial charge is 0.483 e. The number of carbonyl (C=O) groups excluding carboxylic acids is 1. The van der Waals surface area contributed by atoms with Gasteiger partial charge in [0.15, 0.2) is 6.61 Å². The van der Waals surface area contributed by atoms with Gasteiger partial charge in [0.05, 0.1) is 9.79 Å². The van der Waals surface area contributed by atoms with E-state index in [0.717, 1.165) is 0 Å². The summed E-state index contributed by atoms with van der Waals surface area (Å²) >= 11 is 0. The fourth-order valence-corrected chi connectivity index (χ4v) is 6.26. The fourth-order valence-electron chi connectivity index (χ4n) is 3.54. The molecule has 10 nitrogen and oxygen atoms in total. The second-order valence-electron chi connectivity index (χ2n) is 9.24. The first-order valence-electron chi connectivity index (χ1n) is 11.7. The number of anilines is 1. The normalized spacial score (nSPS) is 15.7. The molecule has 0 spiro atoms. The summed E-state index contributed by atoms with van der Waals surface area (Å²) in [6.45, 7) is 7.82. The van der Waals surface area contributed by atoms with Crippen molar-refractivity contribution >= 4 is 31.6 Å². The smallest absolute Gasteiger partial charge is 0.262 e. The third-order valence-electron chi connectivity index (χ3n) is 5.74. The molecular weight excluding hydrogens is 504 g/mol. The number of piperazine rings is 1. The van der Waals surface area contributed by atoms with E-state index in [1.807, 2.05) is 20.9 Å². The topological polar surface area (TPSA) is 125 Å². The number of ether oxygens (including phenoxy) is 1. The summed E-state index contributed by atoms with van der Waals surface area (Å²) in [6.07, 6.45) is 0. The van der Waals surface area contributed by atoms with Crippen LogP contribution in [0.4, 0.5) is 5.69 Å². The lowest BCUT2D eigenvalue weighted by atomic mass is 10.2. The Hall–Kier alpha value is -2.51. The number of hydrogen-bond donors (Lipinski definition) is 2. The Bertz CT molecular complexity index is 1270. The number of sulfonamides is 2. The van der Waals surface area contributed by atoms with Gasteiger partial charge in [0.25, 0.3) is 5.91 Å². The zero-order valence-electron chi connectivity index (χ0n) is 21.0. The van der Waals surface area contributed by atoms with Gasteiger partial charge in [0, 0.05) is 38.4 Å². The van der Waals surface area contributed by atoms with E-state index >= 15 is 0 Å². The molecular formula is C24H34N4O6S2. The summed E-state index contributed by atoms with van der Waals surface area (Å²) in [5, 5.41) is 2.67. The highest BCUT2D eigenvalue weighted by atomic mass is 32.2. The Morgan fingerprint density at radius 3 is 2.17 bits per heavy atom. The van der Waals surface area contributed by atoms with E-state index < -0.39 is 26.0 Å². The van der Waals surface area contributed by atoms with Crippen LogP contribution < -0.4 is 14.8 Å². The summed E-state index contributed by atoms with van der Waals surface area (Å²) in [5.74, 6) is 0.139. The Labute approximate surface area is 213 Å². The maximum Gasteiger partial charge on any atom is 0.262 e. The molecule has 0 aromatic heterocycles. The second-order valence-corrected chi connectivity index (χ2v) is 12.9. The molecule has 198 valence electrons. The molecule has 0 bridgehead atoms. The first-order valence-corrected chi connectivity index (χ1v) is 14.6. The van der Waals surface area contributed by atoms with E-state index in [1.165, 1.54) is 46.8 Å². The van der Waals surface area contributed by atoms with Crippen molar-refractivity contribution in [2.45, 2.75) is 30.6 Å². The molecule has 2 aromatic rings. The molecule has 0 aliphatic carbocycles. The van der Waals surface area contributed by atoms with Crippen molar-refractivity contribution < 1.29 is 26.4 Å². The molecule has 0 atom stereocenters. The van der Waals surface area contributed by atoms with Gasteiger partial charge in [-0.2, -0.15) is 4.31 Å². The van der Waals surface area contributed by atoms with Gasteiger partial charge in [-0.1, -0.05) is 13.8 Å². The van der Waals surface area contributed by atoms with Crippen molar-refractivity contribution in [2.24, 2.45) is 5.92 Å². The van der Waals surface area contributed by atoms with Crippen LogP contribution in [0.3, 0.4) is 0 Å². The average Bonchev–Trinajstić information content (AvgIpc) is 2.82. The van der Waals surface area contributed by atoms with Crippen molar-refractivity contribution in [1.82, 2.24) is 13.9 Å². The second kappa shape index (κ2) is 11.7. The number of benzene rings is 2. The molecule has 0 unspecified atom stereocenters. The molecule has 2 aromatic carbocycles. The zero-order chi connectivity index (χ0) is 26.5. The maximum absolute atomic E-state index is 12.8. The quantitative estimate of drug-likeness (QED) is 0.473. The Morgan fingerprint density at radius 2 is 1.58 bits per heavy atom. The van der Waals surface area contributed by atoms with Crippen molar-refractivity contribution in [3.63, 3.8) is 0 Å². The lowest BCUT2D eigenvalue weighted by molar-refractivity contribution is -0.118. The predicted octanol–water partition coefficient (Wildman–Crippen LogP) is 1.88. The zero-order valence-corrected chi connectivity index (χ0v) is 22.7. The summed E-state index contributed by atoms with van der Waals surface area (Å²) < 4.78 is 60.1. The van der Waals surface area contributed by atoms with Gasteiger partial charge in [-0.3, -0.25) is 4.79 Å². The standard InChI is InChI=1S/C24H34N4O6S2/c1-18(2)16-25-35(30,31)22-9-10-23(19(3)15-22)34-17-24(29)26-20-5-7-21(8-6-20)36(32,33)28-13-11-27(4)12-14-28/h5-10,15,18,25H,11-14,16-17H2,1-4H3,(H,26,29). The van der Waals surface area contributed by atoms with Crippen LogP contribution in [0, 0.1) is 12.8 Å². The van der Waals surface area contributed by atoms with E-state index in [4.69, 9.17) is 4.74 Å². The Balaban J connectivity index is 1.56. The molecule has 1 aliphatic heterocycles. The highest BCUT2D eigenvalue weighted by molar-refractivity contribution is 7.89. The predicted molar refractivity (Wildman–Crippen MR) is 138 cm³/mol. The number of carbonyl (C=O) groups is 1. The van der Waals surface area contributed by atoms with Gasteiger partial charge in [0.1, 0.15) is 5.75 Å². The van der Waals surface area contributed by atoms with Crippen LogP contribution in [0.1, 0.15) is 19.4 Å². The molecule has 3 rings (SSSR count). The first-order chi connectivity index (χ1) is 16.9. The minimum Gasteiger partial charge on any atom is -0.483 e.